The summed E-state index contributed by atoms with van der Waals surface area (Å²) in [5.74, 6) is 0. The second-order valence-corrected chi connectivity index (χ2v) is 5.52. The second kappa shape index (κ2) is 7.38. The van der Waals surface area contributed by atoms with Crippen LogP contribution in [0.3, 0.4) is 0 Å². The molecule has 1 aromatic carbocycles. The van der Waals surface area contributed by atoms with Crippen molar-refractivity contribution in [1.82, 2.24) is 10.3 Å². The first-order chi connectivity index (χ1) is 9.31. The van der Waals surface area contributed by atoms with Gasteiger partial charge in [-0.15, -0.1) is 11.3 Å². The Bertz CT molecular complexity index is 456. The maximum Gasteiger partial charge on any atom is 0.109 e. The molecule has 2 aromatic rings. The van der Waals surface area contributed by atoms with E-state index in [0.29, 0.717) is 6.04 Å². The molecular weight excluding hydrogens is 254 g/mol. The van der Waals surface area contributed by atoms with E-state index in [2.05, 4.69) is 29.4 Å². The zero-order chi connectivity index (χ0) is 13.5. The van der Waals surface area contributed by atoms with Gasteiger partial charge in [0.15, 0.2) is 0 Å². The average molecular weight is 275 g/mol. The molecule has 4 heteroatoms. The van der Waals surface area contributed by atoms with E-state index >= 15 is 0 Å². The molecule has 1 heterocycles. The fraction of sp³-hybridized carbons (Fsp3) is 0.400. The number of thiazole rings is 1. The number of hydrogen-bond donors (Lipinski definition) is 2. The van der Waals surface area contributed by atoms with Crippen LogP contribution in [0, 0.1) is 0 Å². The second-order valence-electron chi connectivity index (χ2n) is 4.59. The number of nitrogens with one attached hydrogen (secondary N) is 1. The van der Waals surface area contributed by atoms with Gasteiger partial charge in [-0.25, -0.2) is 4.98 Å². The Morgan fingerprint density at radius 3 is 2.74 bits per heavy atom. The molecular formula is C15H21N3S. The normalized spacial score (nSPS) is 14.2. The van der Waals surface area contributed by atoms with Crippen molar-refractivity contribution in [2.75, 3.05) is 6.54 Å². The quantitative estimate of drug-likeness (QED) is 0.815. The SMILES string of the molecule is CCC(NCCC(N)c1ccccc1)c1nccs1. The van der Waals surface area contributed by atoms with E-state index in [1.165, 1.54) is 5.56 Å². The molecule has 0 spiro atoms. The molecule has 2 atom stereocenters. The van der Waals surface area contributed by atoms with Crippen LogP contribution < -0.4 is 11.1 Å². The summed E-state index contributed by atoms with van der Waals surface area (Å²) >= 11 is 1.71. The van der Waals surface area contributed by atoms with Crippen molar-refractivity contribution in [3.63, 3.8) is 0 Å². The molecule has 102 valence electrons. The van der Waals surface area contributed by atoms with Crippen LogP contribution in [0.4, 0.5) is 0 Å². The molecule has 0 radical (unpaired) electrons. The van der Waals surface area contributed by atoms with Gasteiger partial charge in [-0.2, -0.15) is 0 Å². The largest absolute Gasteiger partial charge is 0.324 e. The highest BCUT2D eigenvalue weighted by atomic mass is 32.1. The van der Waals surface area contributed by atoms with Crippen molar-refractivity contribution in [1.29, 1.82) is 0 Å². The van der Waals surface area contributed by atoms with Crippen LogP contribution in [0.25, 0.3) is 0 Å². The molecule has 0 aliphatic heterocycles. The van der Waals surface area contributed by atoms with Gasteiger partial charge in [-0.1, -0.05) is 37.3 Å². The number of rotatable bonds is 7. The Morgan fingerprint density at radius 2 is 2.11 bits per heavy atom. The molecule has 3 nitrogen and oxygen atoms in total. The summed E-state index contributed by atoms with van der Waals surface area (Å²) in [5, 5.41) is 6.73. The highest BCUT2D eigenvalue weighted by molar-refractivity contribution is 7.09. The van der Waals surface area contributed by atoms with Crippen molar-refractivity contribution < 1.29 is 0 Å². The van der Waals surface area contributed by atoms with Crippen LogP contribution in [0.15, 0.2) is 41.9 Å². The van der Waals surface area contributed by atoms with E-state index in [1.807, 2.05) is 29.8 Å². The lowest BCUT2D eigenvalue weighted by Crippen LogP contribution is -2.25. The maximum absolute atomic E-state index is 6.19. The van der Waals surface area contributed by atoms with Crippen LogP contribution >= 0.6 is 11.3 Å². The minimum atomic E-state index is 0.0995. The summed E-state index contributed by atoms with van der Waals surface area (Å²) in [4.78, 5) is 4.37. The van der Waals surface area contributed by atoms with Gasteiger partial charge in [0.2, 0.25) is 0 Å². The Balaban J connectivity index is 1.80. The Labute approximate surface area is 118 Å². The first-order valence-corrected chi connectivity index (χ1v) is 7.62. The molecule has 0 saturated carbocycles. The summed E-state index contributed by atoms with van der Waals surface area (Å²) in [5.41, 5.74) is 7.39. The maximum atomic E-state index is 6.19. The first kappa shape index (κ1) is 14.2. The van der Waals surface area contributed by atoms with Crippen LogP contribution in [0.1, 0.15) is 42.4 Å². The third-order valence-electron chi connectivity index (χ3n) is 3.23. The highest BCUT2D eigenvalue weighted by Gasteiger charge is 2.12. The molecule has 0 bridgehead atoms. The molecule has 3 N–H and O–H groups in total. The van der Waals surface area contributed by atoms with Gasteiger partial charge in [0.05, 0.1) is 6.04 Å². The van der Waals surface area contributed by atoms with Crippen molar-refractivity contribution in [3.05, 3.63) is 52.5 Å². The van der Waals surface area contributed by atoms with E-state index in [9.17, 15) is 0 Å². The van der Waals surface area contributed by atoms with Crippen molar-refractivity contribution in [2.45, 2.75) is 31.8 Å². The predicted octanol–water partition coefficient (Wildman–Crippen LogP) is 3.27. The molecule has 2 unspecified atom stereocenters. The summed E-state index contributed by atoms with van der Waals surface area (Å²) < 4.78 is 0. The third-order valence-corrected chi connectivity index (χ3v) is 4.12. The van der Waals surface area contributed by atoms with Gasteiger partial charge in [-0.05, 0) is 24.9 Å². The van der Waals surface area contributed by atoms with Crippen LogP contribution in [-0.4, -0.2) is 11.5 Å². The molecule has 1 aromatic heterocycles. The minimum Gasteiger partial charge on any atom is -0.324 e. The van der Waals surface area contributed by atoms with E-state index < -0.39 is 0 Å². The fourth-order valence-corrected chi connectivity index (χ4v) is 2.89. The fourth-order valence-electron chi connectivity index (χ4n) is 2.09. The Kier molecular flexibility index (Phi) is 5.51. The summed E-state index contributed by atoms with van der Waals surface area (Å²) in [6.45, 7) is 3.09. The lowest BCUT2D eigenvalue weighted by atomic mass is 10.0. The van der Waals surface area contributed by atoms with Crippen molar-refractivity contribution in [3.8, 4) is 0 Å². The number of nitrogens with zero attached hydrogens (tertiary/aromatic N) is 1. The number of aromatic nitrogens is 1. The molecule has 2 rings (SSSR count). The van der Waals surface area contributed by atoms with Gasteiger partial charge in [0.1, 0.15) is 5.01 Å². The predicted molar refractivity (Wildman–Crippen MR) is 81.1 cm³/mol. The molecule has 0 aliphatic carbocycles. The monoisotopic (exact) mass is 275 g/mol. The van der Waals surface area contributed by atoms with Gasteiger partial charge >= 0.3 is 0 Å². The highest BCUT2D eigenvalue weighted by Crippen LogP contribution is 2.19. The van der Waals surface area contributed by atoms with Crippen LogP contribution in [0.5, 0.6) is 0 Å². The van der Waals surface area contributed by atoms with E-state index in [-0.39, 0.29) is 6.04 Å². The molecule has 0 saturated heterocycles. The van der Waals surface area contributed by atoms with Crippen molar-refractivity contribution >= 4 is 11.3 Å². The minimum absolute atomic E-state index is 0.0995. The van der Waals surface area contributed by atoms with Gasteiger partial charge in [-0.3, -0.25) is 0 Å². The molecule has 0 fully saturated rings. The smallest absolute Gasteiger partial charge is 0.109 e. The first-order valence-electron chi connectivity index (χ1n) is 6.74. The van der Waals surface area contributed by atoms with Gasteiger partial charge in [0, 0.05) is 17.6 Å². The number of nitrogens with two attached hydrogens (primary N) is 1. The summed E-state index contributed by atoms with van der Waals surface area (Å²) in [6.07, 6.45) is 3.85. The summed E-state index contributed by atoms with van der Waals surface area (Å²) in [6, 6.07) is 10.7. The lowest BCUT2D eigenvalue weighted by molar-refractivity contribution is 0.486. The van der Waals surface area contributed by atoms with Crippen LogP contribution in [0.2, 0.25) is 0 Å². The Hall–Kier alpha value is -1.23. The third kappa shape index (κ3) is 4.13. The van der Waals surface area contributed by atoms with E-state index in [0.717, 1.165) is 24.4 Å². The number of benzene rings is 1. The Morgan fingerprint density at radius 1 is 1.32 bits per heavy atom. The van der Waals surface area contributed by atoms with Crippen LogP contribution in [-0.2, 0) is 0 Å². The molecule has 0 aliphatic rings. The zero-order valence-corrected chi connectivity index (χ0v) is 12.1. The van der Waals surface area contributed by atoms with Gasteiger partial charge < -0.3 is 11.1 Å². The van der Waals surface area contributed by atoms with Gasteiger partial charge in [0.25, 0.3) is 0 Å². The zero-order valence-electron chi connectivity index (χ0n) is 11.3. The van der Waals surface area contributed by atoms with Crippen molar-refractivity contribution in [2.24, 2.45) is 5.73 Å². The average Bonchev–Trinajstić information content (AvgIpc) is 2.98. The topological polar surface area (TPSA) is 50.9 Å². The van der Waals surface area contributed by atoms with E-state index in [1.54, 1.807) is 11.3 Å². The molecule has 19 heavy (non-hydrogen) atoms. The summed E-state index contributed by atoms with van der Waals surface area (Å²) in [7, 11) is 0. The van der Waals surface area contributed by atoms with E-state index in [4.69, 9.17) is 5.73 Å². The molecule has 0 amide bonds. The standard InChI is InChI=1S/C15H21N3S/c1-2-14(15-18-10-11-19-15)17-9-8-13(16)12-6-4-3-5-7-12/h3-7,10-11,13-14,17H,2,8-9,16H2,1H3. The number of hydrogen-bond acceptors (Lipinski definition) is 4. The lowest BCUT2D eigenvalue weighted by Gasteiger charge is -2.17.